The minimum absolute atomic E-state index is 0.0220. The minimum Gasteiger partial charge on any atom is -0.495 e. The molecule has 1 aromatic carbocycles. The summed E-state index contributed by atoms with van der Waals surface area (Å²) in [5, 5.41) is 17.6. The van der Waals surface area contributed by atoms with Gasteiger partial charge in [0.25, 0.3) is 0 Å². The highest BCUT2D eigenvalue weighted by Gasteiger charge is 2.58. The molecule has 7 heteroatoms. The van der Waals surface area contributed by atoms with E-state index in [2.05, 4.69) is 39.4 Å². The molecule has 2 aliphatic heterocycles. The maximum atomic E-state index is 9.91. The Hall–Kier alpha value is -1.31. The summed E-state index contributed by atoms with van der Waals surface area (Å²) in [6.45, 7) is 3.07. The van der Waals surface area contributed by atoms with Crippen LogP contribution in [0.25, 0.3) is 0 Å². The summed E-state index contributed by atoms with van der Waals surface area (Å²) in [7, 11) is 3.26. The Morgan fingerprint density at radius 2 is 2.23 bits per heavy atom. The third-order valence-corrected chi connectivity index (χ3v) is 6.99. The molecule has 0 aromatic heterocycles. The molecule has 26 heavy (non-hydrogen) atoms. The molecule has 0 saturated heterocycles. The van der Waals surface area contributed by atoms with E-state index in [-0.39, 0.29) is 24.2 Å². The molecule has 142 valence electrons. The van der Waals surface area contributed by atoms with E-state index in [1.807, 2.05) is 0 Å². The zero-order valence-electron chi connectivity index (χ0n) is 15.3. The van der Waals surface area contributed by atoms with Crippen LogP contribution in [0.3, 0.4) is 0 Å². The number of ether oxygens (including phenoxy) is 2. The lowest BCUT2D eigenvalue weighted by Gasteiger charge is -2.44. The van der Waals surface area contributed by atoms with Crippen LogP contribution in [-0.2, 0) is 16.8 Å². The first-order valence-corrected chi connectivity index (χ1v) is 9.84. The molecule has 3 aliphatic rings. The third-order valence-electron chi connectivity index (χ3n) is 6.24. The van der Waals surface area contributed by atoms with E-state index in [1.54, 1.807) is 14.2 Å². The first-order chi connectivity index (χ1) is 12.5. The lowest BCUT2D eigenvalue weighted by molar-refractivity contribution is 0.0721. The standard InChI is InChI=1S/C19H25BrN2O4/c1-10-4-12(22-25-3)6-15-19(10)7-13(9-23)21-8-11-5-14(24-2)17(20)18(26-15)16(11)19/h5,10,13,15,21,23H,4,6-9H2,1-3H3/b22-12+/t10-,13+,15-,19+/m1/s1. The zero-order chi connectivity index (χ0) is 18.5. The van der Waals surface area contributed by atoms with Gasteiger partial charge in [0, 0.05) is 30.0 Å². The lowest BCUT2D eigenvalue weighted by Crippen LogP contribution is -2.52. The Bertz CT molecular complexity index is 754. The number of hydrogen-bond donors (Lipinski definition) is 2. The van der Waals surface area contributed by atoms with Gasteiger partial charge in [-0.1, -0.05) is 12.1 Å². The maximum absolute atomic E-state index is 9.91. The molecular formula is C19H25BrN2O4. The highest BCUT2D eigenvalue weighted by atomic mass is 79.9. The second-order valence-electron chi connectivity index (χ2n) is 7.52. The lowest BCUT2D eigenvalue weighted by atomic mass is 9.59. The van der Waals surface area contributed by atoms with Crippen LogP contribution in [0.2, 0.25) is 0 Å². The summed E-state index contributed by atoms with van der Waals surface area (Å²) in [5.74, 6) is 1.98. The van der Waals surface area contributed by atoms with E-state index in [0.717, 1.165) is 40.9 Å². The van der Waals surface area contributed by atoms with Gasteiger partial charge in [-0.25, -0.2) is 0 Å². The highest BCUT2D eigenvalue weighted by Crippen LogP contribution is 2.60. The van der Waals surface area contributed by atoms with Crippen LogP contribution >= 0.6 is 15.9 Å². The van der Waals surface area contributed by atoms with Crippen molar-refractivity contribution in [3.63, 3.8) is 0 Å². The number of nitrogens with one attached hydrogen (secondary N) is 1. The van der Waals surface area contributed by atoms with Gasteiger partial charge < -0.3 is 24.7 Å². The van der Waals surface area contributed by atoms with Crippen molar-refractivity contribution in [2.24, 2.45) is 11.1 Å². The predicted molar refractivity (Wildman–Crippen MR) is 102 cm³/mol. The van der Waals surface area contributed by atoms with Gasteiger partial charge >= 0.3 is 0 Å². The Kier molecular flexibility index (Phi) is 4.65. The quantitative estimate of drug-likeness (QED) is 0.729. The number of rotatable bonds is 3. The number of methoxy groups -OCH3 is 1. The fourth-order valence-corrected chi connectivity index (χ4v) is 5.67. The van der Waals surface area contributed by atoms with Crippen molar-refractivity contribution < 1.29 is 19.4 Å². The smallest absolute Gasteiger partial charge is 0.141 e. The van der Waals surface area contributed by atoms with Crippen LogP contribution in [-0.4, -0.2) is 43.8 Å². The summed E-state index contributed by atoms with van der Waals surface area (Å²) < 4.78 is 12.9. The number of oxime groups is 1. The minimum atomic E-state index is -0.150. The first-order valence-electron chi connectivity index (χ1n) is 9.04. The molecule has 1 fully saturated rings. The monoisotopic (exact) mass is 424 g/mol. The number of hydrogen-bond acceptors (Lipinski definition) is 6. The topological polar surface area (TPSA) is 72.3 Å². The van der Waals surface area contributed by atoms with E-state index in [9.17, 15) is 5.11 Å². The van der Waals surface area contributed by atoms with Crippen molar-refractivity contribution in [3.8, 4) is 11.5 Å². The molecule has 0 amide bonds. The number of halogens is 1. The SMILES string of the molecule is CO/N=C1\C[C@@H](C)[C@]23C[C@@H](CO)NCc4cc(OC)c(Br)c(c42)O[C@@H]3C1. The Morgan fingerprint density at radius 1 is 1.42 bits per heavy atom. The molecule has 2 N–H and O–H groups in total. The van der Waals surface area contributed by atoms with Gasteiger partial charge in [-0.05, 0) is 46.3 Å². The number of benzene rings is 1. The summed E-state index contributed by atoms with van der Waals surface area (Å²) in [4.78, 5) is 5.04. The average Bonchev–Trinajstić information content (AvgIpc) is 2.86. The fourth-order valence-electron chi connectivity index (χ4n) is 5.10. The van der Waals surface area contributed by atoms with Crippen molar-refractivity contribution in [2.75, 3.05) is 20.8 Å². The van der Waals surface area contributed by atoms with Crippen LogP contribution in [0, 0.1) is 5.92 Å². The van der Waals surface area contributed by atoms with E-state index in [0.29, 0.717) is 12.5 Å². The summed E-state index contributed by atoms with van der Waals surface area (Å²) in [6.07, 6.45) is 2.42. The highest BCUT2D eigenvalue weighted by molar-refractivity contribution is 9.10. The molecule has 1 aliphatic carbocycles. The molecule has 0 unspecified atom stereocenters. The van der Waals surface area contributed by atoms with Crippen LogP contribution in [0.4, 0.5) is 0 Å². The molecule has 4 atom stereocenters. The van der Waals surface area contributed by atoms with E-state index >= 15 is 0 Å². The Balaban J connectivity index is 1.91. The molecule has 0 radical (unpaired) electrons. The van der Waals surface area contributed by atoms with Crippen LogP contribution in [0.15, 0.2) is 15.7 Å². The van der Waals surface area contributed by atoms with Gasteiger partial charge in [0.2, 0.25) is 0 Å². The van der Waals surface area contributed by atoms with Crippen molar-refractivity contribution in [1.29, 1.82) is 0 Å². The van der Waals surface area contributed by atoms with Gasteiger partial charge in [0.15, 0.2) is 0 Å². The molecular weight excluding hydrogens is 400 g/mol. The van der Waals surface area contributed by atoms with Gasteiger partial charge in [0.05, 0.1) is 19.4 Å². The fraction of sp³-hybridized carbons (Fsp3) is 0.632. The second kappa shape index (κ2) is 6.69. The van der Waals surface area contributed by atoms with Crippen molar-refractivity contribution >= 4 is 21.6 Å². The Morgan fingerprint density at radius 3 is 2.92 bits per heavy atom. The van der Waals surface area contributed by atoms with Crippen molar-refractivity contribution in [2.45, 2.75) is 50.3 Å². The molecule has 1 spiro atoms. The molecule has 1 saturated carbocycles. The number of aliphatic hydroxyl groups is 1. The summed E-state index contributed by atoms with van der Waals surface area (Å²) in [6, 6.07) is 2.13. The maximum Gasteiger partial charge on any atom is 0.141 e. The molecule has 0 bridgehead atoms. The average molecular weight is 425 g/mol. The molecule has 4 rings (SSSR count). The van der Waals surface area contributed by atoms with Gasteiger partial charge in [0.1, 0.15) is 29.2 Å². The normalized spacial score (nSPS) is 33.9. The number of nitrogens with zero attached hydrogens (tertiary/aromatic N) is 1. The van der Waals surface area contributed by atoms with Crippen molar-refractivity contribution in [3.05, 3.63) is 21.7 Å². The Labute approximate surface area is 162 Å². The molecule has 1 aromatic rings. The zero-order valence-corrected chi connectivity index (χ0v) is 16.9. The van der Waals surface area contributed by atoms with Crippen LogP contribution in [0.5, 0.6) is 11.5 Å². The van der Waals surface area contributed by atoms with Gasteiger partial charge in [-0.2, -0.15) is 0 Å². The predicted octanol–water partition coefficient (Wildman–Crippen LogP) is 2.74. The van der Waals surface area contributed by atoms with Gasteiger partial charge in [-0.15, -0.1) is 0 Å². The van der Waals surface area contributed by atoms with Gasteiger partial charge in [-0.3, -0.25) is 0 Å². The molecule has 6 nitrogen and oxygen atoms in total. The van der Waals surface area contributed by atoms with Crippen LogP contribution < -0.4 is 14.8 Å². The second-order valence-corrected chi connectivity index (χ2v) is 8.31. The summed E-state index contributed by atoms with van der Waals surface area (Å²) in [5.41, 5.74) is 3.34. The van der Waals surface area contributed by atoms with Crippen molar-refractivity contribution in [1.82, 2.24) is 5.32 Å². The first kappa shape index (κ1) is 18.1. The van der Waals surface area contributed by atoms with E-state index in [4.69, 9.17) is 14.3 Å². The summed E-state index contributed by atoms with van der Waals surface area (Å²) >= 11 is 3.69. The van der Waals surface area contributed by atoms with E-state index in [1.165, 1.54) is 11.1 Å². The third kappa shape index (κ3) is 2.47. The van der Waals surface area contributed by atoms with Crippen LogP contribution in [0.1, 0.15) is 37.3 Å². The van der Waals surface area contributed by atoms with E-state index < -0.39 is 0 Å². The largest absolute Gasteiger partial charge is 0.495 e. The molecule has 2 heterocycles. The number of aliphatic hydroxyl groups excluding tert-OH is 1.